The molecule has 0 aromatic carbocycles. The Morgan fingerprint density at radius 3 is 1.67 bits per heavy atom. The zero-order valence-electron chi connectivity index (χ0n) is 8.42. The Labute approximate surface area is 74.1 Å². The standard InChI is InChI=1S/C9H19NO2/c1-8(2)6-5-7-9(3,4)10(8,11)12/h11H,5-7H2,1-4H3/q+1. The normalized spacial score (nSPS) is 31.5. The first kappa shape index (κ1) is 9.96. The summed E-state index contributed by atoms with van der Waals surface area (Å²) in [5.41, 5.74) is -1.11. The van der Waals surface area contributed by atoms with Gasteiger partial charge >= 0.3 is 0 Å². The average molecular weight is 173 g/mol. The molecule has 71 valence electrons. The van der Waals surface area contributed by atoms with Gasteiger partial charge in [0.05, 0.1) is 5.21 Å². The lowest BCUT2D eigenvalue weighted by atomic mass is 9.81. The minimum Gasteiger partial charge on any atom is -0.178 e. The summed E-state index contributed by atoms with van der Waals surface area (Å²) in [6.45, 7) is 7.34. The van der Waals surface area contributed by atoms with E-state index in [-0.39, 0.29) is 0 Å². The molecule has 1 radical (unpaired) electrons. The van der Waals surface area contributed by atoms with Crippen molar-refractivity contribution < 1.29 is 15.2 Å². The monoisotopic (exact) mass is 173 g/mol. The number of hydroxylamine groups is 4. The Kier molecular flexibility index (Phi) is 2.02. The highest BCUT2D eigenvalue weighted by molar-refractivity contribution is 4.81. The van der Waals surface area contributed by atoms with Crippen LogP contribution in [0.25, 0.3) is 0 Å². The minimum absolute atomic E-state index is 0.554. The molecule has 1 aliphatic heterocycles. The van der Waals surface area contributed by atoms with E-state index in [9.17, 15) is 10.4 Å². The van der Waals surface area contributed by atoms with E-state index in [0.717, 1.165) is 19.3 Å². The lowest BCUT2D eigenvalue weighted by Gasteiger charge is -2.47. The van der Waals surface area contributed by atoms with Gasteiger partial charge in [-0.3, -0.25) is 0 Å². The number of nitrogens with zero attached hydrogens (tertiary/aromatic N) is 1. The van der Waals surface area contributed by atoms with Crippen LogP contribution in [-0.4, -0.2) is 21.1 Å². The highest BCUT2D eigenvalue weighted by atomic mass is 16.8. The summed E-state index contributed by atoms with van der Waals surface area (Å²) in [5.74, 6) is 0. The third kappa shape index (κ3) is 1.16. The fraction of sp³-hybridized carbons (Fsp3) is 1.00. The first-order valence-electron chi connectivity index (χ1n) is 4.54. The van der Waals surface area contributed by atoms with Gasteiger partial charge < -0.3 is 0 Å². The van der Waals surface area contributed by atoms with Crippen molar-refractivity contribution in [2.24, 2.45) is 0 Å². The molecule has 0 spiro atoms. The van der Waals surface area contributed by atoms with Crippen LogP contribution in [0.5, 0.6) is 0 Å². The average Bonchev–Trinajstić information content (AvgIpc) is 1.83. The minimum atomic E-state index is -1.10. The van der Waals surface area contributed by atoms with E-state index in [1.54, 1.807) is 0 Å². The Morgan fingerprint density at radius 1 is 1.08 bits per heavy atom. The van der Waals surface area contributed by atoms with Crippen molar-refractivity contribution in [2.75, 3.05) is 0 Å². The second-order valence-electron chi connectivity index (χ2n) is 5.05. The number of hydrogen-bond donors (Lipinski definition) is 1. The molecule has 0 aromatic rings. The largest absolute Gasteiger partial charge is 0.178 e. The molecule has 3 nitrogen and oxygen atoms in total. The van der Waals surface area contributed by atoms with Crippen LogP contribution in [0.4, 0.5) is 0 Å². The molecular weight excluding hydrogens is 154 g/mol. The molecule has 0 aromatic heterocycles. The first-order chi connectivity index (χ1) is 5.21. The van der Waals surface area contributed by atoms with E-state index in [0.29, 0.717) is 0 Å². The SMILES string of the molecule is CC1(C)CCCC(C)(C)[N+]1([O])O. The predicted octanol–water partition coefficient (Wildman–Crippen LogP) is 2.28. The third-order valence-electron chi connectivity index (χ3n) is 3.22. The van der Waals surface area contributed by atoms with Gasteiger partial charge in [0.25, 0.3) is 0 Å². The lowest BCUT2D eigenvalue weighted by Crippen LogP contribution is -2.68. The molecule has 1 N–H and O–H groups in total. The van der Waals surface area contributed by atoms with Crippen LogP contribution in [-0.2, 0) is 5.21 Å². The summed E-state index contributed by atoms with van der Waals surface area (Å²) < 4.78 is 0. The van der Waals surface area contributed by atoms with Crippen LogP contribution in [0.3, 0.4) is 0 Å². The van der Waals surface area contributed by atoms with E-state index in [4.69, 9.17) is 0 Å². The summed E-state index contributed by atoms with van der Waals surface area (Å²) in [6, 6.07) is 0. The fourth-order valence-electron chi connectivity index (χ4n) is 2.08. The molecule has 0 amide bonds. The van der Waals surface area contributed by atoms with Crippen LogP contribution < -0.4 is 0 Å². The Bertz CT molecular complexity index is 167. The molecule has 12 heavy (non-hydrogen) atoms. The molecule has 1 heterocycles. The van der Waals surface area contributed by atoms with Gasteiger partial charge in [0, 0.05) is 17.7 Å². The fourth-order valence-corrected chi connectivity index (χ4v) is 2.08. The molecule has 0 atom stereocenters. The highest BCUT2D eigenvalue weighted by Gasteiger charge is 2.59. The van der Waals surface area contributed by atoms with Crippen molar-refractivity contribution >= 4 is 0 Å². The summed E-state index contributed by atoms with van der Waals surface area (Å²) in [4.78, 5) is -1.10. The van der Waals surface area contributed by atoms with Gasteiger partial charge in [-0.1, -0.05) is 0 Å². The number of quaternary nitrogens is 1. The topological polar surface area (TPSA) is 40.1 Å². The Hall–Kier alpha value is -0.120. The zero-order valence-corrected chi connectivity index (χ0v) is 8.42. The van der Waals surface area contributed by atoms with E-state index >= 15 is 0 Å². The van der Waals surface area contributed by atoms with Crippen LogP contribution in [0.15, 0.2) is 0 Å². The van der Waals surface area contributed by atoms with E-state index < -0.39 is 15.9 Å². The van der Waals surface area contributed by atoms with Crippen LogP contribution in [0.2, 0.25) is 0 Å². The maximum absolute atomic E-state index is 11.9. The second kappa shape index (κ2) is 2.44. The zero-order chi connectivity index (χ0) is 9.62. The molecule has 3 heteroatoms. The van der Waals surface area contributed by atoms with Crippen molar-refractivity contribution in [3.05, 3.63) is 0 Å². The van der Waals surface area contributed by atoms with Crippen molar-refractivity contribution in [3.8, 4) is 0 Å². The van der Waals surface area contributed by atoms with Crippen LogP contribution in [0, 0.1) is 0 Å². The van der Waals surface area contributed by atoms with E-state index in [1.165, 1.54) is 0 Å². The number of rotatable bonds is 0. The van der Waals surface area contributed by atoms with Gasteiger partial charge in [0.2, 0.25) is 0 Å². The van der Waals surface area contributed by atoms with Crippen molar-refractivity contribution in [1.82, 2.24) is 0 Å². The van der Waals surface area contributed by atoms with Gasteiger partial charge in [0.1, 0.15) is 0 Å². The molecular formula is C9H19NO2+. The highest BCUT2D eigenvalue weighted by Crippen LogP contribution is 2.42. The van der Waals surface area contributed by atoms with Gasteiger partial charge in [-0.25, -0.2) is 0 Å². The van der Waals surface area contributed by atoms with E-state index in [2.05, 4.69) is 0 Å². The molecule has 1 rings (SSSR count). The number of piperidine rings is 1. The van der Waals surface area contributed by atoms with Crippen molar-refractivity contribution in [1.29, 1.82) is 0 Å². The summed E-state index contributed by atoms with van der Waals surface area (Å²) in [7, 11) is 0. The quantitative estimate of drug-likeness (QED) is 0.561. The molecule has 1 aliphatic rings. The van der Waals surface area contributed by atoms with Crippen molar-refractivity contribution in [3.63, 3.8) is 0 Å². The number of hydrogen-bond acceptors (Lipinski definition) is 1. The van der Waals surface area contributed by atoms with Crippen LogP contribution >= 0.6 is 0 Å². The summed E-state index contributed by atoms with van der Waals surface area (Å²) >= 11 is 0. The molecule has 1 saturated heterocycles. The molecule has 1 fully saturated rings. The molecule has 0 aliphatic carbocycles. The van der Waals surface area contributed by atoms with E-state index in [1.807, 2.05) is 27.7 Å². The maximum Gasteiger partial charge on any atom is 0.160 e. The summed E-state index contributed by atoms with van der Waals surface area (Å²) in [6.07, 6.45) is 2.63. The summed E-state index contributed by atoms with van der Waals surface area (Å²) in [5, 5.41) is 21.7. The van der Waals surface area contributed by atoms with Gasteiger partial charge in [-0.2, -0.15) is 5.21 Å². The molecule has 0 bridgehead atoms. The molecule has 0 unspecified atom stereocenters. The Balaban J connectivity index is 2.99. The second-order valence-corrected chi connectivity index (χ2v) is 5.05. The smallest absolute Gasteiger partial charge is 0.160 e. The Morgan fingerprint density at radius 2 is 1.42 bits per heavy atom. The molecule has 0 saturated carbocycles. The lowest BCUT2D eigenvalue weighted by molar-refractivity contribution is -1.32. The van der Waals surface area contributed by atoms with Gasteiger partial charge in [-0.15, -0.1) is 0 Å². The predicted molar refractivity (Wildman–Crippen MR) is 44.7 cm³/mol. The first-order valence-corrected chi connectivity index (χ1v) is 4.54. The van der Waals surface area contributed by atoms with Crippen molar-refractivity contribution in [2.45, 2.75) is 58.0 Å². The van der Waals surface area contributed by atoms with Gasteiger partial charge in [0.15, 0.2) is 11.1 Å². The van der Waals surface area contributed by atoms with Crippen LogP contribution in [0.1, 0.15) is 47.0 Å². The van der Waals surface area contributed by atoms with Gasteiger partial charge in [-0.05, 0) is 34.1 Å². The third-order valence-corrected chi connectivity index (χ3v) is 3.22. The maximum atomic E-state index is 11.9.